The first-order valence-electron chi connectivity index (χ1n) is 6.29. The van der Waals surface area contributed by atoms with Crippen LogP contribution in [0.25, 0.3) is 0 Å². The molecule has 0 heterocycles. The minimum absolute atomic E-state index is 0. The SMILES string of the molecule is CC(C)CC(C)(CN)NS(=O)(=O)c1cccc(Cl)c1Br.Cl. The molecule has 21 heavy (non-hydrogen) atoms. The van der Waals surface area contributed by atoms with Crippen molar-refractivity contribution >= 4 is 50.0 Å². The standard InChI is InChI=1S/C13H20BrClN2O2S.ClH/c1-9(2)7-13(3,8-16)17-20(18,19)11-6-4-5-10(15)12(11)14;/h4-6,9,17H,7-8,16H2,1-3H3;1H. The third kappa shape index (κ3) is 5.69. The Morgan fingerprint density at radius 3 is 2.48 bits per heavy atom. The zero-order valence-corrected chi connectivity index (χ0v) is 16.2. The van der Waals surface area contributed by atoms with Gasteiger partial charge in [0.1, 0.15) is 0 Å². The summed E-state index contributed by atoms with van der Waals surface area (Å²) >= 11 is 9.16. The molecular formula is C13H21BrCl2N2O2S. The van der Waals surface area contributed by atoms with Gasteiger partial charge in [-0.25, -0.2) is 13.1 Å². The summed E-state index contributed by atoms with van der Waals surface area (Å²) in [6, 6.07) is 4.73. The highest BCUT2D eigenvalue weighted by Crippen LogP contribution is 2.30. The van der Waals surface area contributed by atoms with Crippen LogP contribution < -0.4 is 10.5 Å². The number of hydrogen-bond donors (Lipinski definition) is 2. The molecule has 8 heteroatoms. The van der Waals surface area contributed by atoms with Gasteiger partial charge in [-0.3, -0.25) is 0 Å². The Labute approximate surface area is 146 Å². The van der Waals surface area contributed by atoms with Gasteiger partial charge in [-0.15, -0.1) is 12.4 Å². The maximum absolute atomic E-state index is 12.5. The molecule has 0 saturated carbocycles. The van der Waals surface area contributed by atoms with E-state index in [-0.39, 0.29) is 23.8 Å². The molecule has 1 atom stereocenters. The Kier molecular flexibility index (Phi) is 8.19. The van der Waals surface area contributed by atoms with Gasteiger partial charge in [-0.1, -0.05) is 31.5 Å². The molecule has 1 unspecified atom stereocenters. The Hall–Kier alpha value is 0.150. The maximum Gasteiger partial charge on any atom is 0.242 e. The van der Waals surface area contributed by atoms with Gasteiger partial charge in [-0.05, 0) is 47.3 Å². The summed E-state index contributed by atoms with van der Waals surface area (Å²) in [5.41, 5.74) is 5.06. The monoisotopic (exact) mass is 418 g/mol. The average Bonchev–Trinajstić information content (AvgIpc) is 2.30. The van der Waals surface area contributed by atoms with Gasteiger partial charge in [-0.2, -0.15) is 0 Å². The van der Waals surface area contributed by atoms with Crippen LogP contribution >= 0.6 is 39.9 Å². The van der Waals surface area contributed by atoms with E-state index in [4.69, 9.17) is 17.3 Å². The lowest BCUT2D eigenvalue weighted by Crippen LogP contribution is -2.52. The van der Waals surface area contributed by atoms with E-state index in [0.717, 1.165) is 0 Å². The maximum atomic E-state index is 12.5. The Bertz CT molecular complexity index is 582. The highest BCUT2D eigenvalue weighted by atomic mass is 79.9. The second kappa shape index (κ2) is 8.13. The van der Waals surface area contributed by atoms with Crippen molar-refractivity contribution in [3.05, 3.63) is 27.7 Å². The van der Waals surface area contributed by atoms with E-state index in [9.17, 15) is 8.42 Å². The fraction of sp³-hybridized carbons (Fsp3) is 0.538. The molecule has 0 fully saturated rings. The van der Waals surface area contributed by atoms with Crippen molar-refractivity contribution in [3.8, 4) is 0 Å². The smallest absolute Gasteiger partial charge is 0.242 e. The van der Waals surface area contributed by atoms with Crippen LogP contribution in [0.4, 0.5) is 0 Å². The average molecular weight is 420 g/mol. The molecule has 0 bridgehead atoms. The van der Waals surface area contributed by atoms with Gasteiger partial charge in [0.2, 0.25) is 10.0 Å². The minimum atomic E-state index is -3.69. The van der Waals surface area contributed by atoms with Crippen molar-refractivity contribution in [2.24, 2.45) is 11.7 Å². The van der Waals surface area contributed by atoms with Gasteiger partial charge in [0.05, 0.1) is 14.4 Å². The first-order valence-corrected chi connectivity index (χ1v) is 8.95. The lowest BCUT2D eigenvalue weighted by molar-refractivity contribution is 0.344. The molecule has 0 aliphatic rings. The summed E-state index contributed by atoms with van der Waals surface area (Å²) in [5.74, 6) is 0.328. The second-order valence-electron chi connectivity index (χ2n) is 5.52. The van der Waals surface area contributed by atoms with E-state index >= 15 is 0 Å². The Morgan fingerprint density at radius 2 is 2.00 bits per heavy atom. The summed E-state index contributed by atoms with van der Waals surface area (Å²) in [6.07, 6.45) is 0.654. The largest absolute Gasteiger partial charge is 0.329 e. The van der Waals surface area contributed by atoms with Gasteiger partial charge in [0, 0.05) is 12.1 Å². The zero-order valence-electron chi connectivity index (χ0n) is 12.2. The van der Waals surface area contributed by atoms with Crippen molar-refractivity contribution in [2.75, 3.05) is 6.54 Å². The molecule has 0 saturated heterocycles. The number of benzene rings is 1. The number of halogens is 3. The summed E-state index contributed by atoms with van der Waals surface area (Å²) in [6.45, 7) is 6.08. The molecule has 0 amide bonds. The first-order chi connectivity index (χ1) is 9.11. The van der Waals surface area contributed by atoms with E-state index in [1.807, 2.05) is 20.8 Å². The third-order valence-electron chi connectivity index (χ3n) is 2.90. The molecule has 4 nitrogen and oxygen atoms in total. The van der Waals surface area contributed by atoms with Crippen LogP contribution in [0.2, 0.25) is 5.02 Å². The van der Waals surface area contributed by atoms with E-state index in [1.165, 1.54) is 6.07 Å². The number of sulfonamides is 1. The zero-order chi connectivity index (χ0) is 15.6. The lowest BCUT2D eigenvalue weighted by atomic mass is 9.92. The normalized spacial score (nSPS) is 14.6. The summed E-state index contributed by atoms with van der Waals surface area (Å²) in [4.78, 5) is 0.119. The van der Waals surface area contributed by atoms with Gasteiger partial charge in [0.15, 0.2) is 0 Å². The summed E-state index contributed by atoms with van der Waals surface area (Å²) in [7, 11) is -3.69. The third-order valence-corrected chi connectivity index (χ3v) is 6.24. The number of hydrogen-bond acceptors (Lipinski definition) is 3. The molecule has 1 rings (SSSR count). The van der Waals surface area contributed by atoms with Crippen LogP contribution in [0.3, 0.4) is 0 Å². The Balaban J connectivity index is 0.00000400. The van der Waals surface area contributed by atoms with Crippen molar-refractivity contribution in [1.82, 2.24) is 4.72 Å². The van der Waals surface area contributed by atoms with Crippen LogP contribution in [0.1, 0.15) is 27.2 Å². The van der Waals surface area contributed by atoms with E-state index < -0.39 is 15.6 Å². The highest BCUT2D eigenvalue weighted by molar-refractivity contribution is 9.10. The summed E-state index contributed by atoms with van der Waals surface area (Å²) < 4.78 is 28.1. The molecule has 0 aliphatic heterocycles. The van der Waals surface area contributed by atoms with Crippen molar-refractivity contribution < 1.29 is 8.42 Å². The minimum Gasteiger partial charge on any atom is -0.329 e. The summed E-state index contributed by atoms with van der Waals surface area (Å²) in [5, 5.41) is 0.353. The number of nitrogens with one attached hydrogen (secondary N) is 1. The molecule has 1 aromatic carbocycles. The van der Waals surface area contributed by atoms with Crippen molar-refractivity contribution in [2.45, 2.75) is 37.6 Å². The van der Waals surface area contributed by atoms with E-state index in [0.29, 0.717) is 21.8 Å². The van der Waals surface area contributed by atoms with Crippen molar-refractivity contribution in [3.63, 3.8) is 0 Å². The quantitative estimate of drug-likeness (QED) is 0.740. The van der Waals surface area contributed by atoms with Gasteiger partial charge >= 0.3 is 0 Å². The van der Waals surface area contributed by atoms with E-state index in [1.54, 1.807) is 12.1 Å². The second-order valence-corrected chi connectivity index (χ2v) is 8.37. The van der Waals surface area contributed by atoms with Gasteiger partial charge in [0.25, 0.3) is 0 Å². The predicted octanol–water partition coefficient (Wildman–Crippen LogP) is 3.57. The van der Waals surface area contributed by atoms with Crippen LogP contribution in [-0.4, -0.2) is 20.5 Å². The molecular weight excluding hydrogens is 399 g/mol. The molecule has 3 N–H and O–H groups in total. The topological polar surface area (TPSA) is 72.2 Å². The fourth-order valence-electron chi connectivity index (χ4n) is 2.14. The molecule has 0 aromatic heterocycles. The number of nitrogens with two attached hydrogens (primary N) is 1. The Morgan fingerprint density at radius 1 is 1.43 bits per heavy atom. The van der Waals surface area contributed by atoms with Crippen molar-refractivity contribution in [1.29, 1.82) is 0 Å². The van der Waals surface area contributed by atoms with Crippen LogP contribution in [0.15, 0.2) is 27.6 Å². The van der Waals surface area contributed by atoms with Gasteiger partial charge < -0.3 is 5.73 Å². The molecule has 0 spiro atoms. The highest BCUT2D eigenvalue weighted by Gasteiger charge is 2.31. The van der Waals surface area contributed by atoms with Crippen LogP contribution in [0.5, 0.6) is 0 Å². The molecule has 0 aliphatic carbocycles. The van der Waals surface area contributed by atoms with Crippen LogP contribution in [-0.2, 0) is 10.0 Å². The number of rotatable bonds is 6. The van der Waals surface area contributed by atoms with Crippen LogP contribution in [0, 0.1) is 5.92 Å². The lowest BCUT2D eigenvalue weighted by Gasteiger charge is -2.31. The molecule has 0 radical (unpaired) electrons. The molecule has 1 aromatic rings. The first kappa shape index (κ1) is 21.1. The fourth-order valence-corrected chi connectivity index (χ4v) is 4.80. The molecule has 122 valence electrons. The predicted molar refractivity (Wildman–Crippen MR) is 93.6 cm³/mol. The van der Waals surface area contributed by atoms with E-state index in [2.05, 4.69) is 20.7 Å².